The van der Waals surface area contributed by atoms with Gasteiger partial charge in [-0.3, -0.25) is 16.0 Å². The third-order valence-electron chi connectivity index (χ3n) is 3.92. The predicted octanol–water partition coefficient (Wildman–Crippen LogP) is -0.883. The van der Waals surface area contributed by atoms with Crippen LogP contribution in [-0.4, -0.2) is 42.4 Å². The van der Waals surface area contributed by atoms with Gasteiger partial charge in [-0.25, -0.2) is 0 Å². The molecular weight excluding hydrogens is 216 g/mol. The zero-order chi connectivity index (χ0) is 12.2. The largest absolute Gasteiger partial charge is 0.326 e. The van der Waals surface area contributed by atoms with E-state index in [2.05, 4.69) is 34.8 Å². The Morgan fingerprint density at radius 1 is 1.12 bits per heavy atom. The summed E-state index contributed by atoms with van der Waals surface area (Å²) >= 11 is 0. The third-order valence-corrected chi connectivity index (χ3v) is 4.78. The Kier molecular flexibility index (Phi) is 4.94. The van der Waals surface area contributed by atoms with Crippen molar-refractivity contribution >= 4 is 10.4 Å². The molecule has 0 amide bonds. The molecule has 16 heavy (non-hydrogen) atoms. The summed E-state index contributed by atoms with van der Waals surface area (Å²) in [5, 5.41) is 10.7. The van der Waals surface area contributed by atoms with Crippen molar-refractivity contribution in [2.45, 2.75) is 44.4 Å². The van der Waals surface area contributed by atoms with Crippen LogP contribution in [0.4, 0.5) is 0 Å². The summed E-state index contributed by atoms with van der Waals surface area (Å²) in [4.78, 5) is 3.63. The first-order chi connectivity index (χ1) is 7.56. The molecule has 96 valence electrons. The molecule has 0 aromatic rings. The van der Waals surface area contributed by atoms with Gasteiger partial charge in [0, 0.05) is 0 Å². The molecule has 0 bridgehead atoms. The molecule has 0 saturated heterocycles. The van der Waals surface area contributed by atoms with Crippen molar-refractivity contribution in [3.63, 3.8) is 0 Å². The van der Waals surface area contributed by atoms with Crippen LogP contribution in [0, 0.1) is 5.92 Å². The van der Waals surface area contributed by atoms with E-state index >= 15 is 0 Å². The quantitative estimate of drug-likeness (QED) is 0.362. The fourth-order valence-electron chi connectivity index (χ4n) is 2.89. The van der Waals surface area contributed by atoms with E-state index < -0.39 is 0 Å². The van der Waals surface area contributed by atoms with Crippen LogP contribution in [0.5, 0.6) is 0 Å². The molecule has 1 saturated carbocycles. The highest BCUT2D eigenvalue weighted by atomic mass is 28.2. The third kappa shape index (κ3) is 2.33. The zero-order valence-electron chi connectivity index (χ0n) is 11.4. The van der Waals surface area contributed by atoms with E-state index in [0.29, 0.717) is 5.92 Å². The van der Waals surface area contributed by atoms with Crippen molar-refractivity contribution in [3.05, 3.63) is 0 Å². The fourth-order valence-corrected chi connectivity index (χ4v) is 3.75. The first-order valence-corrected chi connectivity index (χ1v) is 7.37. The molecule has 5 heteroatoms. The van der Waals surface area contributed by atoms with E-state index in [0.717, 1.165) is 16.9 Å². The van der Waals surface area contributed by atoms with Crippen LogP contribution in [0.2, 0.25) is 0 Å². The summed E-state index contributed by atoms with van der Waals surface area (Å²) in [6.07, 6.45) is 3.60. The molecule has 1 aliphatic carbocycles. The number of hydrogen-bond donors (Lipinski definition) is 4. The molecule has 4 N–H and O–H groups in total. The minimum Gasteiger partial charge on any atom is -0.326 e. The number of rotatable bonds is 6. The molecule has 0 aliphatic heterocycles. The maximum Gasteiger partial charge on any atom is 0.0999 e. The van der Waals surface area contributed by atoms with Crippen molar-refractivity contribution < 1.29 is 0 Å². The second kappa shape index (κ2) is 5.60. The zero-order valence-corrected chi connectivity index (χ0v) is 13.4. The molecule has 1 aliphatic rings. The second-order valence-corrected chi connectivity index (χ2v) is 5.69. The highest BCUT2D eigenvalue weighted by Gasteiger charge is 2.52. The SMILES string of the molecule is CNC1(NC)CCCC1(N[SiH3])NCC(C)C. The van der Waals surface area contributed by atoms with E-state index in [9.17, 15) is 0 Å². The maximum absolute atomic E-state index is 3.74. The number of hydrogen-bond acceptors (Lipinski definition) is 4. The first kappa shape index (κ1) is 14.1. The molecule has 1 rings (SSSR count). The van der Waals surface area contributed by atoms with E-state index in [1.54, 1.807) is 0 Å². The van der Waals surface area contributed by atoms with Gasteiger partial charge in [0.1, 0.15) is 0 Å². The second-order valence-electron chi connectivity index (χ2n) is 5.19. The summed E-state index contributed by atoms with van der Waals surface area (Å²) in [6.45, 7) is 5.56. The smallest absolute Gasteiger partial charge is 0.0999 e. The van der Waals surface area contributed by atoms with Gasteiger partial charge in [-0.05, 0) is 45.8 Å². The molecule has 0 heterocycles. The van der Waals surface area contributed by atoms with Crippen LogP contribution in [-0.2, 0) is 0 Å². The van der Waals surface area contributed by atoms with Gasteiger partial charge in [-0.1, -0.05) is 13.8 Å². The molecule has 1 atom stereocenters. The van der Waals surface area contributed by atoms with Crippen LogP contribution in [0.15, 0.2) is 0 Å². The van der Waals surface area contributed by atoms with Crippen LogP contribution < -0.4 is 20.9 Å². The highest BCUT2D eigenvalue weighted by Crippen LogP contribution is 2.34. The lowest BCUT2D eigenvalue weighted by Crippen LogP contribution is -2.77. The summed E-state index contributed by atoms with van der Waals surface area (Å²) in [7, 11) is 5.10. The Morgan fingerprint density at radius 3 is 2.12 bits per heavy atom. The topological polar surface area (TPSA) is 48.1 Å². The van der Waals surface area contributed by atoms with Crippen molar-refractivity contribution in [2.75, 3.05) is 20.6 Å². The maximum atomic E-state index is 3.74. The molecule has 4 nitrogen and oxygen atoms in total. The van der Waals surface area contributed by atoms with E-state index in [-0.39, 0.29) is 11.3 Å². The minimum atomic E-state index is -0.0103. The average molecular weight is 244 g/mol. The molecule has 1 unspecified atom stereocenters. The van der Waals surface area contributed by atoms with Crippen LogP contribution in [0.25, 0.3) is 0 Å². The lowest BCUT2D eigenvalue weighted by atomic mass is 9.96. The first-order valence-electron chi connectivity index (χ1n) is 6.37. The number of likely N-dealkylation sites (N-methyl/N-ethyl adjacent to an activating group) is 2. The standard InChI is InChI=1S/C11H28N4Si/c1-9(2)8-14-11(15-16)7-5-6-10(11,12-3)13-4/h9,12-15H,5-8H2,1-4,16H3. The van der Waals surface area contributed by atoms with E-state index in [4.69, 9.17) is 0 Å². The Morgan fingerprint density at radius 2 is 1.69 bits per heavy atom. The van der Waals surface area contributed by atoms with Gasteiger partial charge < -0.3 is 4.98 Å². The van der Waals surface area contributed by atoms with Crippen LogP contribution in [0.3, 0.4) is 0 Å². The van der Waals surface area contributed by atoms with Gasteiger partial charge in [0.15, 0.2) is 0 Å². The minimum absolute atomic E-state index is 0.0103. The predicted molar refractivity (Wildman–Crippen MR) is 73.3 cm³/mol. The Balaban J connectivity index is 2.83. The summed E-state index contributed by atoms with van der Waals surface area (Å²) in [5.74, 6) is 0.680. The molecule has 0 radical (unpaired) electrons. The van der Waals surface area contributed by atoms with Gasteiger partial charge in [-0.2, -0.15) is 0 Å². The van der Waals surface area contributed by atoms with Gasteiger partial charge in [-0.15, -0.1) is 0 Å². The molecule has 0 aromatic carbocycles. The van der Waals surface area contributed by atoms with Crippen molar-refractivity contribution in [2.24, 2.45) is 5.92 Å². The van der Waals surface area contributed by atoms with Crippen molar-refractivity contribution in [1.29, 1.82) is 0 Å². The summed E-state index contributed by atoms with van der Waals surface area (Å²) < 4.78 is 0. The van der Waals surface area contributed by atoms with Gasteiger partial charge >= 0.3 is 0 Å². The Hall–Kier alpha value is 0.0569. The monoisotopic (exact) mass is 244 g/mol. The van der Waals surface area contributed by atoms with E-state index in [1.165, 1.54) is 19.3 Å². The lowest BCUT2D eigenvalue weighted by molar-refractivity contribution is 0.123. The van der Waals surface area contributed by atoms with Crippen LogP contribution in [0.1, 0.15) is 33.1 Å². The molecule has 0 aromatic heterocycles. The van der Waals surface area contributed by atoms with Gasteiger partial charge in [0.05, 0.1) is 21.7 Å². The van der Waals surface area contributed by atoms with Crippen LogP contribution >= 0.6 is 0 Å². The van der Waals surface area contributed by atoms with Gasteiger partial charge in [0.25, 0.3) is 0 Å². The fraction of sp³-hybridized carbons (Fsp3) is 1.00. The summed E-state index contributed by atoms with van der Waals surface area (Å²) in [5.41, 5.74) is 0.0105. The normalized spacial score (nSPS) is 29.1. The van der Waals surface area contributed by atoms with Crippen molar-refractivity contribution in [3.8, 4) is 0 Å². The van der Waals surface area contributed by atoms with Crippen molar-refractivity contribution in [1.82, 2.24) is 20.9 Å². The molecule has 0 spiro atoms. The highest BCUT2D eigenvalue weighted by molar-refractivity contribution is 6.05. The summed E-state index contributed by atoms with van der Waals surface area (Å²) in [6, 6.07) is 0. The lowest BCUT2D eigenvalue weighted by Gasteiger charge is -2.47. The Bertz CT molecular complexity index is 218. The van der Waals surface area contributed by atoms with Gasteiger partial charge in [0.2, 0.25) is 0 Å². The molecular formula is C11H28N4Si. The Labute approximate surface area is 103 Å². The van der Waals surface area contributed by atoms with E-state index in [1.807, 2.05) is 14.1 Å². The number of nitrogens with one attached hydrogen (secondary N) is 4. The molecule has 1 fully saturated rings. The average Bonchev–Trinajstić information content (AvgIpc) is 2.66.